The molecule has 0 aliphatic heterocycles. The fraction of sp³-hybridized carbons (Fsp3) is 0.273. The van der Waals surface area contributed by atoms with Gasteiger partial charge in [0, 0.05) is 9.79 Å². The Hall–Kier alpha value is -2.97. The summed E-state index contributed by atoms with van der Waals surface area (Å²) in [7, 11) is -1.15. The summed E-state index contributed by atoms with van der Waals surface area (Å²) in [4.78, 5) is 1.75. The second-order valence-corrected chi connectivity index (χ2v) is 11.4. The van der Waals surface area contributed by atoms with Crippen LogP contribution in [0.3, 0.4) is 0 Å². The highest BCUT2D eigenvalue weighted by Gasteiger charge is 2.11. The Labute approximate surface area is 213 Å². The highest BCUT2D eigenvalue weighted by Crippen LogP contribution is 2.23. The summed E-state index contributed by atoms with van der Waals surface area (Å²) in [5, 5.41) is 0. The van der Waals surface area contributed by atoms with Crippen LogP contribution in [0.25, 0.3) is 0 Å². The van der Waals surface area contributed by atoms with E-state index in [0.29, 0.717) is 0 Å². The Balaban J connectivity index is 1.43. The number of benzene rings is 4. The first-order valence-electron chi connectivity index (χ1n) is 12.4. The Morgan fingerprint density at radius 3 is 1.46 bits per heavy atom. The summed E-state index contributed by atoms with van der Waals surface area (Å²) in [6.07, 6.45) is 2.97. The first-order chi connectivity index (χ1) is 16.7. The van der Waals surface area contributed by atoms with Crippen LogP contribution < -0.4 is 0 Å². The third-order valence-electron chi connectivity index (χ3n) is 7.27. The molecule has 0 bridgehead atoms. The van der Waals surface area contributed by atoms with Gasteiger partial charge in [-0.05, 0) is 141 Å². The smallest absolute Gasteiger partial charge is 0.0849 e. The molecule has 180 valence electrons. The zero-order chi connectivity index (χ0) is 25.1. The standard InChI is InChI=1S/C33H36OS/c1-22-7-9-28(17-24(22)3)21-29-10-11-30(26(5)18-29)12-13-31-14-16-33(20-27(31)6)35(34)32-15-8-23(2)25(4)19-32/h7-11,14-20H,12-13,21H2,1-6H3. The Morgan fingerprint density at radius 2 is 0.914 bits per heavy atom. The van der Waals surface area contributed by atoms with E-state index in [1.165, 1.54) is 55.6 Å². The minimum Gasteiger partial charge on any atom is -0.249 e. The molecule has 0 heterocycles. The Morgan fingerprint density at radius 1 is 0.486 bits per heavy atom. The predicted molar refractivity (Wildman–Crippen MR) is 149 cm³/mol. The van der Waals surface area contributed by atoms with Crippen molar-refractivity contribution in [1.82, 2.24) is 0 Å². The molecule has 1 unspecified atom stereocenters. The number of rotatable bonds is 7. The van der Waals surface area contributed by atoms with Gasteiger partial charge < -0.3 is 0 Å². The van der Waals surface area contributed by atoms with Crippen molar-refractivity contribution in [2.45, 2.75) is 70.6 Å². The van der Waals surface area contributed by atoms with E-state index in [2.05, 4.69) is 96.1 Å². The lowest BCUT2D eigenvalue weighted by atomic mass is 9.94. The highest BCUT2D eigenvalue weighted by atomic mass is 32.2. The molecule has 35 heavy (non-hydrogen) atoms. The van der Waals surface area contributed by atoms with Crippen molar-refractivity contribution >= 4 is 10.8 Å². The van der Waals surface area contributed by atoms with Gasteiger partial charge in [0.1, 0.15) is 0 Å². The first-order valence-corrected chi connectivity index (χ1v) is 13.6. The van der Waals surface area contributed by atoms with Crippen molar-refractivity contribution in [3.8, 4) is 0 Å². The molecule has 1 nitrogen and oxygen atoms in total. The average molecular weight is 481 g/mol. The van der Waals surface area contributed by atoms with E-state index in [4.69, 9.17) is 0 Å². The van der Waals surface area contributed by atoms with E-state index >= 15 is 0 Å². The van der Waals surface area contributed by atoms with Crippen LogP contribution in [0.5, 0.6) is 0 Å². The van der Waals surface area contributed by atoms with Crippen LogP contribution in [0.2, 0.25) is 0 Å². The molecule has 4 aromatic carbocycles. The van der Waals surface area contributed by atoms with Crippen LogP contribution in [-0.4, -0.2) is 4.21 Å². The Bertz CT molecular complexity index is 1400. The van der Waals surface area contributed by atoms with Crippen LogP contribution >= 0.6 is 0 Å². The van der Waals surface area contributed by atoms with Gasteiger partial charge in [-0.3, -0.25) is 0 Å². The third-order valence-corrected chi connectivity index (χ3v) is 8.64. The molecule has 0 aliphatic rings. The summed E-state index contributed by atoms with van der Waals surface area (Å²) < 4.78 is 13.1. The molecule has 0 saturated carbocycles. The molecule has 0 saturated heterocycles. The molecule has 0 amide bonds. The lowest BCUT2D eigenvalue weighted by Gasteiger charge is -2.12. The zero-order valence-electron chi connectivity index (χ0n) is 21.9. The number of hydrogen-bond acceptors (Lipinski definition) is 1. The van der Waals surface area contributed by atoms with Crippen LogP contribution in [0.1, 0.15) is 55.6 Å². The molecule has 2 heteroatoms. The van der Waals surface area contributed by atoms with E-state index in [1.54, 1.807) is 0 Å². The van der Waals surface area contributed by atoms with Gasteiger partial charge >= 0.3 is 0 Å². The molecule has 0 aromatic heterocycles. The SMILES string of the molecule is Cc1ccc(Cc2ccc(CCc3ccc(S(=O)c4ccc(C)c(C)c4)cc3C)c(C)c2)cc1C. The normalized spacial score (nSPS) is 12.1. The number of aryl methyl sites for hydroxylation is 8. The second-order valence-electron chi connectivity index (χ2n) is 9.96. The monoisotopic (exact) mass is 480 g/mol. The van der Waals surface area contributed by atoms with Gasteiger partial charge in [0.15, 0.2) is 0 Å². The van der Waals surface area contributed by atoms with Crippen molar-refractivity contribution in [2.75, 3.05) is 0 Å². The van der Waals surface area contributed by atoms with Crippen molar-refractivity contribution in [2.24, 2.45) is 0 Å². The average Bonchev–Trinajstić information content (AvgIpc) is 2.83. The van der Waals surface area contributed by atoms with Gasteiger partial charge in [-0.1, -0.05) is 48.5 Å². The van der Waals surface area contributed by atoms with Gasteiger partial charge in [0.2, 0.25) is 0 Å². The predicted octanol–water partition coefficient (Wildman–Crippen LogP) is 8.08. The largest absolute Gasteiger partial charge is 0.249 e. The first kappa shape index (κ1) is 25.1. The fourth-order valence-corrected chi connectivity index (χ4v) is 5.82. The second kappa shape index (κ2) is 10.7. The van der Waals surface area contributed by atoms with Gasteiger partial charge in [-0.15, -0.1) is 0 Å². The molecule has 0 fully saturated rings. The van der Waals surface area contributed by atoms with Crippen LogP contribution in [0, 0.1) is 41.5 Å². The van der Waals surface area contributed by atoms with Crippen LogP contribution in [-0.2, 0) is 30.1 Å². The summed E-state index contributed by atoms with van der Waals surface area (Å²) in [5.74, 6) is 0. The minimum absolute atomic E-state index is 0.872. The molecule has 0 radical (unpaired) electrons. The van der Waals surface area contributed by atoms with E-state index in [1.807, 2.05) is 18.2 Å². The van der Waals surface area contributed by atoms with E-state index in [9.17, 15) is 4.21 Å². The molecular weight excluding hydrogens is 444 g/mol. The summed E-state index contributed by atoms with van der Waals surface area (Å²) in [6.45, 7) is 12.9. The topological polar surface area (TPSA) is 17.1 Å². The molecule has 4 aromatic rings. The van der Waals surface area contributed by atoms with E-state index in [0.717, 1.165) is 29.1 Å². The van der Waals surface area contributed by atoms with Gasteiger partial charge in [0.05, 0.1) is 10.8 Å². The van der Waals surface area contributed by atoms with Crippen molar-refractivity contribution in [3.05, 3.63) is 128 Å². The third kappa shape index (κ3) is 6.00. The lowest BCUT2D eigenvalue weighted by molar-refractivity contribution is 0.683. The minimum atomic E-state index is -1.15. The summed E-state index contributed by atoms with van der Waals surface area (Å²) in [5.41, 5.74) is 13.1. The molecule has 0 spiro atoms. The maximum Gasteiger partial charge on any atom is 0.0849 e. The lowest BCUT2D eigenvalue weighted by Crippen LogP contribution is -2.00. The van der Waals surface area contributed by atoms with E-state index in [-0.39, 0.29) is 0 Å². The maximum atomic E-state index is 13.1. The fourth-order valence-electron chi connectivity index (χ4n) is 4.60. The molecule has 0 aliphatic carbocycles. The maximum absolute atomic E-state index is 13.1. The summed E-state index contributed by atoms with van der Waals surface area (Å²) >= 11 is 0. The van der Waals surface area contributed by atoms with Crippen molar-refractivity contribution in [3.63, 3.8) is 0 Å². The summed E-state index contributed by atoms with van der Waals surface area (Å²) in [6, 6.07) is 26.0. The van der Waals surface area contributed by atoms with E-state index < -0.39 is 10.8 Å². The Kier molecular flexibility index (Phi) is 7.72. The van der Waals surface area contributed by atoms with Gasteiger partial charge in [-0.25, -0.2) is 4.21 Å². The zero-order valence-corrected chi connectivity index (χ0v) is 22.7. The van der Waals surface area contributed by atoms with Gasteiger partial charge in [0.25, 0.3) is 0 Å². The van der Waals surface area contributed by atoms with Crippen molar-refractivity contribution < 1.29 is 4.21 Å². The van der Waals surface area contributed by atoms with Crippen LogP contribution in [0.4, 0.5) is 0 Å². The highest BCUT2D eigenvalue weighted by molar-refractivity contribution is 7.85. The molecule has 1 atom stereocenters. The number of hydrogen-bond donors (Lipinski definition) is 0. The van der Waals surface area contributed by atoms with Crippen LogP contribution in [0.15, 0.2) is 82.6 Å². The quantitative estimate of drug-likeness (QED) is 0.261. The molecular formula is C33H36OS. The van der Waals surface area contributed by atoms with Gasteiger partial charge in [-0.2, -0.15) is 0 Å². The van der Waals surface area contributed by atoms with Crippen molar-refractivity contribution in [1.29, 1.82) is 0 Å². The molecule has 0 N–H and O–H groups in total. The molecule has 4 rings (SSSR count).